The predicted molar refractivity (Wildman–Crippen MR) is 24.3 cm³/mol. The van der Waals surface area contributed by atoms with Crippen molar-refractivity contribution in [1.82, 2.24) is 0 Å². The first-order valence-corrected chi connectivity index (χ1v) is 1.81. The van der Waals surface area contributed by atoms with E-state index in [9.17, 15) is 8.78 Å². The van der Waals surface area contributed by atoms with Crippen molar-refractivity contribution >= 4 is 0 Å². The van der Waals surface area contributed by atoms with Crippen LogP contribution >= 0.6 is 0 Å². The van der Waals surface area contributed by atoms with E-state index in [0.29, 0.717) is 6.08 Å². The Labute approximate surface area is 41.2 Å². The van der Waals surface area contributed by atoms with Gasteiger partial charge in [0.25, 0.3) is 5.92 Å². The first kappa shape index (κ1) is 6.38. The molecule has 0 saturated carbocycles. The Balaban J connectivity index is 3.80. The summed E-state index contributed by atoms with van der Waals surface area (Å²) < 4.78 is 23.1. The first-order chi connectivity index (χ1) is 3.06. The highest BCUT2D eigenvalue weighted by Gasteiger charge is 2.14. The van der Waals surface area contributed by atoms with Crippen LogP contribution in [-0.4, -0.2) is 5.92 Å². The van der Waals surface area contributed by atoms with Crippen LogP contribution in [0.2, 0.25) is 0 Å². The third-order valence-electron chi connectivity index (χ3n) is 0.356. The van der Waals surface area contributed by atoms with E-state index in [2.05, 4.69) is 6.58 Å². The molecular weight excluding hydrogens is 98.1 g/mol. The van der Waals surface area contributed by atoms with Crippen molar-refractivity contribution in [3.05, 3.63) is 18.4 Å². The Hall–Kier alpha value is -0.620. The van der Waals surface area contributed by atoms with Gasteiger partial charge in [0, 0.05) is 13.0 Å². The standard InChI is InChI=1S/C5H6F2/c1-3-4-5(2,6)7/h4H,1H2,2H3. The molecule has 0 atom stereocenters. The zero-order valence-electron chi connectivity index (χ0n) is 4.04. The van der Waals surface area contributed by atoms with Gasteiger partial charge in [-0.05, 0) is 0 Å². The SMILES string of the molecule is C=C=CC(C)(F)F. The number of halogens is 2. The van der Waals surface area contributed by atoms with Crippen LogP contribution in [0.4, 0.5) is 8.78 Å². The van der Waals surface area contributed by atoms with Gasteiger partial charge in [-0.15, -0.1) is 5.73 Å². The molecule has 0 rings (SSSR count). The van der Waals surface area contributed by atoms with Crippen molar-refractivity contribution in [1.29, 1.82) is 0 Å². The predicted octanol–water partition coefficient (Wildman–Crippen LogP) is 1.98. The zero-order valence-corrected chi connectivity index (χ0v) is 4.04. The summed E-state index contributed by atoms with van der Waals surface area (Å²) in [5, 5.41) is 0. The van der Waals surface area contributed by atoms with Crippen molar-refractivity contribution < 1.29 is 8.78 Å². The van der Waals surface area contributed by atoms with Crippen LogP contribution in [0.5, 0.6) is 0 Å². The summed E-state index contributed by atoms with van der Waals surface area (Å²) in [6.45, 7) is 3.77. The van der Waals surface area contributed by atoms with Gasteiger partial charge >= 0.3 is 0 Å². The second-order valence-corrected chi connectivity index (χ2v) is 1.30. The molecule has 40 valence electrons. The van der Waals surface area contributed by atoms with Gasteiger partial charge in [0.2, 0.25) is 0 Å². The molecule has 0 spiro atoms. The molecule has 0 fully saturated rings. The maximum atomic E-state index is 11.6. The lowest BCUT2D eigenvalue weighted by molar-refractivity contribution is 0.0777. The van der Waals surface area contributed by atoms with E-state index in [1.54, 1.807) is 0 Å². The molecule has 7 heavy (non-hydrogen) atoms. The summed E-state index contributed by atoms with van der Waals surface area (Å²) in [5.41, 5.74) is 1.98. The van der Waals surface area contributed by atoms with Crippen molar-refractivity contribution in [2.45, 2.75) is 12.8 Å². The van der Waals surface area contributed by atoms with E-state index in [1.165, 1.54) is 0 Å². The first-order valence-electron chi connectivity index (χ1n) is 1.81. The molecule has 0 unspecified atom stereocenters. The summed E-state index contributed by atoms with van der Waals surface area (Å²) in [7, 11) is 0. The molecule has 0 aliphatic rings. The van der Waals surface area contributed by atoms with E-state index < -0.39 is 5.92 Å². The smallest absolute Gasteiger partial charge is 0.202 e. The highest BCUT2D eigenvalue weighted by Crippen LogP contribution is 2.10. The molecule has 0 N–H and O–H groups in total. The van der Waals surface area contributed by atoms with Crippen LogP contribution in [-0.2, 0) is 0 Å². The molecule has 0 radical (unpaired) electrons. The molecule has 0 aromatic carbocycles. The van der Waals surface area contributed by atoms with Crippen LogP contribution in [0, 0.1) is 0 Å². The Kier molecular flexibility index (Phi) is 1.73. The molecule has 0 aromatic rings. The molecule has 0 heterocycles. The van der Waals surface area contributed by atoms with E-state index in [-0.39, 0.29) is 0 Å². The topological polar surface area (TPSA) is 0 Å². The lowest BCUT2D eigenvalue weighted by atomic mass is 10.4. The Bertz CT molecular complexity index is 93.1. The summed E-state index contributed by atoms with van der Waals surface area (Å²) in [6, 6.07) is 0. The van der Waals surface area contributed by atoms with Crippen LogP contribution in [0.1, 0.15) is 6.92 Å². The normalized spacial score (nSPS) is 10.1. The molecule has 0 aromatic heterocycles. The highest BCUT2D eigenvalue weighted by atomic mass is 19.3. The summed E-state index contributed by atoms with van der Waals surface area (Å²) in [4.78, 5) is 0. The fourth-order valence-corrected chi connectivity index (χ4v) is 0.179. The number of alkyl halides is 2. The van der Waals surface area contributed by atoms with Crippen molar-refractivity contribution in [3.8, 4) is 0 Å². The maximum absolute atomic E-state index is 11.6. The van der Waals surface area contributed by atoms with Gasteiger partial charge in [0.1, 0.15) is 0 Å². The largest absolute Gasteiger partial charge is 0.270 e. The van der Waals surface area contributed by atoms with E-state index in [0.717, 1.165) is 6.92 Å². The van der Waals surface area contributed by atoms with E-state index in [4.69, 9.17) is 0 Å². The average molecular weight is 104 g/mol. The molecule has 0 amide bonds. The van der Waals surface area contributed by atoms with Crippen LogP contribution in [0.3, 0.4) is 0 Å². The fourth-order valence-electron chi connectivity index (χ4n) is 0.179. The molecule has 0 aliphatic heterocycles. The minimum Gasteiger partial charge on any atom is -0.202 e. The average Bonchev–Trinajstić information content (AvgIpc) is 1.30. The van der Waals surface area contributed by atoms with Gasteiger partial charge in [-0.2, -0.15) is 0 Å². The van der Waals surface area contributed by atoms with Crippen molar-refractivity contribution in [2.24, 2.45) is 0 Å². The van der Waals surface area contributed by atoms with Gasteiger partial charge in [-0.1, -0.05) is 6.58 Å². The molecule has 0 saturated heterocycles. The Morgan fingerprint density at radius 1 is 1.71 bits per heavy atom. The minimum atomic E-state index is -2.75. The van der Waals surface area contributed by atoms with Gasteiger partial charge < -0.3 is 0 Å². The van der Waals surface area contributed by atoms with E-state index >= 15 is 0 Å². The summed E-state index contributed by atoms with van der Waals surface area (Å²) in [5.74, 6) is -2.75. The highest BCUT2D eigenvalue weighted by molar-refractivity contribution is 4.87. The van der Waals surface area contributed by atoms with Gasteiger partial charge in [0.15, 0.2) is 0 Å². The molecule has 2 heteroatoms. The van der Waals surface area contributed by atoms with Gasteiger partial charge in [-0.3, -0.25) is 0 Å². The zero-order chi connectivity index (χ0) is 5.91. The number of allylic oxidation sites excluding steroid dienone is 1. The molecule has 0 aliphatic carbocycles. The third-order valence-corrected chi connectivity index (χ3v) is 0.356. The Morgan fingerprint density at radius 3 is 2.14 bits per heavy atom. The second kappa shape index (κ2) is 1.90. The lowest BCUT2D eigenvalue weighted by Gasteiger charge is -1.97. The fraction of sp³-hybridized carbons (Fsp3) is 0.400. The third kappa shape index (κ3) is 5.38. The lowest BCUT2D eigenvalue weighted by Crippen LogP contribution is -2.01. The quantitative estimate of drug-likeness (QED) is 0.446. The van der Waals surface area contributed by atoms with Gasteiger partial charge in [0.05, 0.1) is 0 Å². The van der Waals surface area contributed by atoms with Crippen LogP contribution < -0.4 is 0 Å². The Morgan fingerprint density at radius 2 is 2.14 bits per heavy atom. The monoisotopic (exact) mass is 104 g/mol. The summed E-state index contributed by atoms with van der Waals surface area (Å²) in [6.07, 6.45) is 0.618. The van der Waals surface area contributed by atoms with E-state index in [1.807, 2.05) is 5.73 Å². The molecule has 0 bridgehead atoms. The number of hydrogen-bond donors (Lipinski definition) is 0. The molecular formula is C5H6F2. The van der Waals surface area contributed by atoms with Gasteiger partial charge in [-0.25, -0.2) is 8.78 Å². The number of rotatable bonds is 1. The molecule has 0 nitrogen and oxygen atoms in total. The minimum absolute atomic E-state index is 0.618. The van der Waals surface area contributed by atoms with Crippen molar-refractivity contribution in [3.63, 3.8) is 0 Å². The second-order valence-electron chi connectivity index (χ2n) is 1.30. The summed E-state index contributed by atoms with van der Waals surface area (Å²) >= 11 is 0. The number of hydrogen-bond acceptors (Lipinski definition) is 0. The van der Waals surface area contributed by atoms with Crippen molar-refractivity contribution in [2.75, 3.05) is 0 Å². The van der Waals surface area contributed by atoms with Crippen LogP contribution in [0.25, 0.3) is 0 Å². The van der Waals surface area contributed by atoms with Crippen LogP contribution in [0.15, 0.2) is 18.4 Å². The maximum Gasteiger partial charge on any atom is 0.270 e.